The number of halogens is 2. The van der Waals surface area contributed by atoms with Gasteiger partial charge in [0.15, 0.2) is 5.17 Å². The largest absolute Gasteiger partial charge is 0.335 e. The molecular weight excluding hydrogens is 311 g/mol. The molecule has 0 unspecified atom stereocenters. The number of allylic oxidation sites excluding steroid dienone is 1. The van der Waals surface area contributed by atoms with Crippen LogP contribution in [0.3, 0.4) is 0 Å². The molecule has 0 radical (unpaired) electrons. The first-order valence-corrected chi connectivity index (χ1v) is 8.15. The predicted octanol–water partition coefficient (Wildman–Crippen LogP) is 4.99. The Balaban J connectivity index is 2.26. The molecule has 5 heteroatoms. The van der Waals surface area contributed by atoms with Crippen LogP contribution in [0.25, 0.3) is 6.08 Å². The summed E-state index contributed by atoms with van der Waals surface area (Å²) in [7, 11) is 0. The first-order valence-electron chi connectivity index (χ1n) is 6.17. The number of benzene rings is 1. The van der Waals surface area contributed by atoms with Gasteiger partial charge in [0, 0.05) is 21.3 Å². The summed E-state index contributed by atoms with van der Waals surface area (Å²) in [5.41, 5.74) is 1.60. The van der Waals surface area contributed by atoms with Gasteiger partial charge in [0.05, 0.1) is 5.54 Å². The summed E-state index contributed by atoms with van der Waals surface area (Å²) >= 11 is 13.9. The van der Waals surface area contributed by atoms with Crippen molar-refractivity contribution in [1.29, 1.82) is 0 Å². The van der Waals surface area contributed by atoms with E-state index in [9.17, 15) is 0 Å². The summed E-state index contributed by atoms with van der Waals surface area (Å²) in [5.74, 6) is 0. The van der Waals surface area contributed by atoms with Crippen LogP contribution in [0.15, 0.2) is 41.0 Å². The van der Waals surface area contributed by atoms with E-state index < -0.39 is 0 Å². The van der Waals surface area contributed by atoms with E-state index in [-0.39, 0.29) is 5.54 Å². The fourth-order valence-corrected chi connectivity index (χ4v) is 2.96. The fourth-order valence-electron chi connectivity index (χ4n) is 1.89. The normalized spacial score (nSPS) is 17.6. The minimum atomic E-state index is -0.215. The first kappa shape index (κ1) is 15.5. The van der Waals surface area contributed by atoms with Crippen molar-refractivity contribution in [1.82, 2.24) is 5.32 Å². The van der Waals surface area contributed by atoms with Crippen molar-refractivity contribution in [2.24, 2.45) is 4.99 Å². The average Bonchev–Trinajstić information content (AvgIpc) is 2.36. The van der Waals surface area contributed by atoms with Gasteiger partial charge < -0.3 is 5.32 Å². The monoisotopic (exact) mass is 326 g/mol. The lowest BCUT2D eigenvalue weighted by Crippen LogP contribution is -2.31. The molecule has 0 atom stereocenters. The van der Waals surface area contributed by atoms with E-state index >= 15 is 0 Å². The second kappa shape index (κ2) is 6.25. The summed E-state index contributed by atoms with van der Waals surface area (Å²) in [6.07, 6.45) is 7.97. The second-order valence-corrected chi connectivity index (χ2v) is 6.58. The standard InChI is InChI=1S/C15H16Cl2N2S/c1-15(2)9-10(18-14(19-15)20-3)7-8-11-12(16)5-4-6-13(11)17/h4-9H,1-3H3,(H,18,19). The van der Waals surface area contributed by atoms with Crippen LogP contribution in [0.2, 0.25) is 10.0 Å². The van der Waals surface area contributed by atoms with Crippen molar-refractivity contribution in [2.45, 2.75) is 19.4 Å². The minimum absolute atomic E-state index is 0.215. The maximum Gasteiger partial charge on any atom is 0.161 e. The number of amidine groups is 1. The van der Waals surface area contributed by atoms with Gasteiger partial charge in [-0.1, -0.05) is 41.0 Å². The van der Waals surface area contributed by atoms with Gasteiger partial charge in [0.1, 0.15) is 0 Å². The molecular formula is C15H16Cl2N2S. The van der Waals surface area contributed by atoms with Gasteiger partial charge >= 0.3 is 0 Å². The van der Waals surface area contributed by atoms with E-state index in [0.29, 0.717) is 10.0 Å². The zero-order chi connectivity index (χ0) is 14.8. The van der Waals surface area contributed by atoms with Crippen molar-refractivity contribution < 1.29 is 0 Å². The van der Waals surface area contributed by atoms with Crippen LogP contribution in [0.4, 0.5) is 0 Å². The molecule has 2 nitrogen and oxygen atoms in total. The highest BCUT2D eigenvalue weighted by Crippen LogP contribution is 2.27. The Morgan fingerprint density at radius 2 is 1.85 bits per heavy atom. The van der Waals surface area contributed by atoms with Crippen LogP contribution in [0.5, 0.6) is 0 Å². The lowest BCUT2D eigenvalue weighted by Gasteiger charge is -2.24. The van der Waals surface area contributed by atoms with Gasteiger partial charge in [-0.05, 0) is 50.5 Å². The van der Waals surface area contributed by atoms with Crippen molar-refractivity contribution >= 4 is 46.2 Å². The van der Waals surface area contributed by atoms with E-state index in [1.807, 2.05) is 36.6 Å². The van der Waals surface area contributed by atoms with Crippen molar-refractivity contribution in [3.05, 3.63) is 51.7 Å². The summed E-state index contributed by atoms with van der Waals surface area (Å²) < 4.78 is 0. The highest BCUT2D eigenvalue weighted by Gasteiger charge is 2.19. The van der Waals surface area contributed by atoms with Crippen LogP contribution in [0.1, 0.15) is 19.4 Å². The molecule has 1 aliphatic heterocycles. The number of nitrogens with zero attached hydrogens (tertiary/aromatic N) is 1. The number of hydrogen-bond acceptors (Lipinski definition) is 3. The zero-order valence-electron chi connectivity index (χ0n) is 11.6. The molecule has 1 aliphatic rings. The molecule has 2 rings (SSSR count). The molecule has 20 heavy (non-hydrogen) atoms. The maximum atomic E-state index is 6.16. The van der Waals surface area contributed by atoms with E-state index in [2.05, 4.69) is 30.2 Å². The third kappa shape index (κ3) is 3.81. The number of aliphatic imine (C=N–C) groups is 1. The maximum absolute atomic E-state index is 6.16. The Labute approximate surface area is 134 Å². The smallest absolute Gasteiger partial charge is 0.161 e. The average molecular weight is 327 g/mol. The Hall–Kier alpha value is -0.900. The molecule has 0 fully saturated rings. The highest BCUT2D eigenvalue weighted by molar-refractivity contribution is 8.13. The molecule has 0 saturated carbocycles. The van der Waals surface area contributed by atoms with Crippen molar-refractivity contribution in [3.8, 4) is 0 Å². The Kier molecular flexibility index (Phi) is 4.84. The summed E-state index contributed by atoms with van der Waals surface area (Å²) in [4.78, 5) is 4.58. The lowest BCUT2D eigenvalue weighted by atomic mass is 10.0. The van der Waals surface area contributed by atoms with Crippen LogP contribution >= 0.6 is 35.0 Å². The highest BCUT2D eigenvalue weighted by atomic mass is 35.5. The molecule has 0 aliphatic carbocycles. The minimum Gasteiger partial charge on any atom is -0.335 e. The van der Waals surface area contributed by atoms with E-state index in [1.54, 1.807) is 11.8 Å². The number of rotatable bonds is 2. The van der Waals surface area contributed by atoms with E-state index in [4.69, 9.17) is 23.2 Å². The Bertz CT molecular complexity index is 584. The number of thioether (sulfide) groups is 1. The third-order valence-corrected chi connectivity index (χ3v) is 4.01. The SMILES string of the molecule is CSC1=NC(C)(C)C=C(C=Cc2c(Cl)cccc2Cl)N1. The molecule has 1 aromatic rings. The summed E-state index contributed by atoms with van der Waals surface area (Å²) in [5, 5.41) is 5.46. The van der Waals surface area contributed by atoms with Gasteiger partial charge in [-0.3, -0.25) is 4.99 Å². The molecule has 106 valence electrons. The molecule has 0 aromatic heterocycles. The molecule has 0 bridgehead atoms. The quantitative estimate of drug-likeness (QED) is 0.827. The van der Waals surface area contributed by atoms with Crippen LogP contribution in [-0.2, 0) is 0 Å². The van der Waals surface area contributed by atoms with Crippen molar-refractivity contribution in [2.75, 3.05) is 6.26 Å². The topological polar surface area (TPSA) is 24.4 Å². The van der Waals surface area contributed by atoms with Crippen LogP contribution < -0.4 is 5.32 Å². The second-order valence-electron chi connectivity index (χ2n) is 4.97. The molecule has 1 heterocycles. The first-order chi connectivity index (χ1) is 9.41. The molecule has 0 saturated heterocycles. The molecule has 1 N–H and O–H groups in total. The van der Waals surface area contributed by atoms with E-state index in [0.717, 1.165) is 16.4 Å². The molecule has 0 spiro atoms. The van der Waals surface area contributed by atoms with Gasteiger partial charge in [-0.2, -0.15) is 0 Å². The lowest BCUT2D eigenvalue weighted by molar-refractivity contribution is 0.639. The third-order valence-electron chi connectivity index (χ3n) is 2.77. The molecule has 0 amide bonds. The fraction of sp³-hybridized carbons (Fsp3) is 0.267. The summed E-state index contributed by atoms with van der Waals surface area (Å²) in [6.45, 7) is 4.14. The van der Waals surface area contributed by atoms with Crippen LogP contribution in [-0.4, -0.2) is 17.0 Å². The number of hydrogen-bond donors (Lipinski definition) is 1. The van der Waals surface area contributed by atoms with E-state index in [1.165, 1.54) is 0 Å². The molecule has 1 aromatic carbocycles. The van der Waals surface area contributed by atoms with Gasteiger partial charge in [-0.15, -0.1) is 0 Å². The number of nitrogens with one attached hydrogen (secondary N) is 1. The van der Waals surface area contributed by atoms with Gasteiger partial charge in [0.25, 0.3) is 0 Å². The summed E-state index contributed by atoms with van der Waals surface area (Å²) in [6, 6.07) is 5.49. The predicted molar refractivity (Wildman–Crippen MR) is 91.7 cm³/mol. The van der Waals surface area contributed by atoms with Gasteiger partial charge in [0.2, 0.25) is 0 Å². The van der Waals surface area contributed by atoms with Crippen LogP contribution in [0, 0.1) is 0 Å². The van der Waals surface area contributed by atoms with Crippen molar-refractivity contribution in [3.63, 3.8) is 0 Å². The Morgan fingerprint density at radius 3 is 2.45 bits per heavy atom. The van der Waals surface area contributed by atoms with Gasteiger partial charge in [-0.25, -0.2) is 0 Å². The zero-order valence-corrected chi connectivity index (χ0v) is 13.9. The Morgan fingerprint density at radius 1 is 1.20 bits per heavy atom.